The van der Waals surface area contributed by atoms with Crippen LogP contribution in [0.2, 0.25) is 0 Å². The molecule has 3 aliphatic rings. The van der Waals surface area contributed by atoms with Crippen LogP contribution in [0, 0.1) is 5.92 Å². The number of aromatic amines is 1. The van der Waals surface area contributed by atoms with E-state index in [9.17, 15) is 13.2 Å². The van der Waals surface area contributed by atoms with E-state index in [1.54, 1.807) is 12.4 Å². The third kappa shape index (κ3) is 4.66. The summed E-state index contributed by atoms with van der Waals surface area (Å²) in [5.41, 5.74) is 4.43. The van der Waals surface area contributed by atoms with Crippen LogP contribution in [0.5, 0.6) is 0 Å². The summed E-state index contributed by atoms with van der Waals surface area (Å²) < 4.78 is 33.0. The second-order valence-corrected chi connectivity index (χ2v) is 10.8. The number of carbonyl (C=O) groups is 1. The fourth-order valence-corrected chi connectivity index (χ4v) is 6.45. The maximum atomic E-state index is 13.3. The number of aromatic nitrogens is 2. The Balaban J connectivity index is 1.48. The molecule has 1 fully saturated rings. The lowest BCUT2D eigenvalue weighted by Crippen LogP contribution is -2.42. The number of anilines is 1. The van der Waals surface area contributed by atoms with Crippen molar-refractivity contribution in [3.8, 4) is 11.3 Å². The van der Waals surface area contributed by atoms with Crippen molar-refractivity contribution in [2.24, 2.45) is 5.92 Å². The highest BCUT2D eigenvalue weighted by Crippen LogP contribution is 2.38. The van der Waals surface area contributed by atoms with Crippen molar-refractivity contribution in [1.29, 1.82) is 0 Å². The van der Waals surface area contributed by atoms with Crippen molar-refractivity contribution in [3.63, 3.8) is 0 Å². The quantitative estimate of drug-likeness (QED) is 0.673. The molecule has 174 valence electrons. The van der Waals surface area contributed by atoms with E-state index >= 15 is 0 Å². The van der Waals surface area contributed by atoms with E-state index in [4.69, 9.17) is 4.74 Å². The van der Waals surface area contributed by atoms with Crippen molar-refractivity contribution in [1.82, 2.24) is 14.3 Å². The van der Waals surface area contributed by atoms with Gasteiger partial charge < -0.3 is 15.0 Å². The number of Topliss-reactive ketones (excluding diaryl/α,β-unsaturated/α-hetero) is 1. The van der Waals surface area contributed by atoms with Gasteiger partial charge in [-0.25, -0.2) is 8.42 Å². The Labute approximate surface area is 193 Å². The summed E-state index contributed by atoms with van der Waals surface area (Å²) >= 11 is 0. The summed E-state index contributed by atoms with van der Waals surface area (Å²) in [6, 6.07) is 3.75. The fourth-order valence-electron chi connectivity index (χ4n) is 4.67. The van der Waals surface area contributed by atoms with Gasteiger partial charge in [-0.3, -0.25) is 9.78 Å². The summed E-state index contributed by atoms with van der Waals surface area (Å²) in [7, 11) is -3.57. The van der Waals surface area contributed by atoms with Crippen molar-refractivity contribution < 1.29 is 17.9 Å². The lowest BCUT2D eigenvalue weighted by Gasteiger charge is -2.29. The molecule has 0 spiro atoms. The second-order valence-electron chi connectivity index (χ2n) is 8.75. The van der Waals surface area contributed by atoms with Crippen molar-refractivity contribution in [3.05, 3.63) is 59.7 Å². The van der Waals surface area contributed by atoms with Crippen molar-refractivity contribution >= 4 is 21.5 Å². The van der Waals surface area contributed by atoms with Crippen LogP contribution in [0.3, 0.4) is 0 Å². The van der Waals surface area contributed by atoms with Gasteiger partial charge in [-0.1, -0.05) is 12.2 Å². The molecule has 8 nitrogen and oxygen atoms in total. The predicted molar refractivity (Wildman–Crippen MR) is 126 cm³/mol. The normalized spacial score (nSPS) is 19.9. The van der Waals surface area contributed by atoms with Gasteiger partial charge in [-0.05, 0) is 49.8 Å². The first kappa shape index (κ1) is 22.1. The SMILES string of the molecule is O=C1CN(S(=O)(=O)CC2CCOCC2)Cc2[nH]c(-c3ccncc3)c(NC3=CCCC=C3)c21. The molecule has 2 aromatic heterocycles. The second kappa shape index (κ2) is 9.24. The van der Waals surface area contributed by atoms with E-state index in [-0.39, 0.29) is 30.5 Å². The summed E-state index contributed by atoms with van der Waals surface area (Å²) in [4.78, 5) is 20.8. The number of H-pyrrole nitrogens is 1. The summed E-state index contributed by atoms with van der Waals surface area (Å²) in [6.07, 6.45) is 13.0. The first-order valence-electron chi connectivity index (χ1n) is 11.4. The largest absolute Gasteiger partial charge is 0.381 e. The van der Waals surface area contributed by atoms with Gasteiger partial charge in [0.15, 0.2) is 5.78 Å². The van der Waals surface area contributed by atoms with Gasteiger partial charge in [-0.2, -0.15) is 4.31 Å². The zero-order chi connectivity index (χ0) is 22.8. The topological polar surface area (TPSA) is 104 Å². The number of hydrogen-bond donors (Lipinski definition) is 2. The Morgan fingerprint density at radius 2 is 1.94 bits per heavy atom. The molecule has 0 aromatic carbocycles. The van der Waals surface area contributed by atoms with Gasteiger partial charge >= 0.3 is 0 Å². The maximum Gasteiger partial charge on any atom is 0.215 e. The van der Waals surface area contributed by atoms with Crippen LogP contribution in [0.4, 0.5) is 5.69 Å². The van der Waals surface area contributed by atoms with Crippen LogP contribution in [0.25, 0.3) is 11.3 Å². The number of nitrogens with zero attached hydrogens (tertiary/aromatic N) is 2. The third-order valence-corrected chi connectivity index (χ3v) is 8.36. The van der Waals surface area contributed by atoms with E-state index in [2.05, 4.69) is 27.4 Å². The molecule has 1 aliphatic carbocycles. The van der Waals surface area contributed by atoms with Gasteiger partial charge in [0.25, 0.3) is 0 Å². The Morgan fingerprint density at radius 1 is 1.15 bits per heavy atom. The van der Waals surface area contributed by atoms with Gasteiger partial charge in [-0.15, -0.1) is 0 Å². The molecule has 33 heavy (non-hydrogen) atoms. The number of fused-ring (bicyclic) bond motifs is 1. The first-order valence-corrected chi connectivity index (χ1v) is 13.0. The van der Waals surface area contributed by atoms with Gasteiger partial charge in [0.05, 0.1) is 35.8 Å². The Hall–Kier alpha value is -2.75. The lowest BCUT2D eigenvalue weighted by molar-refractivity contribution is 0.0718. The van der Waals surface area contributed by atoms with E-state index in [1.165, 1.54) is 4.31 Å². The van der Waals surface area contributed by atoms with E-state index in [1.807, 2.05) is 18.2 Å². The number of hydrogen-bond acceptors (Lipinski definition) is 6. The highest BCUT2D eigenvalue weighted by Gasteiger charge is 2.37. The van der Waals surface area contributed by atoms with Crippen molar-refractivity contribution in [2.75, 3.05) is 30.8 Å². The molecule has 5 rings (SSSR count). The Bertz CT molecular complexity index is 1190. The molecule has 0 amide bonds. The highest BCUT2D eigenvalue weighted by atomic mass is 32.2. The standard InChI is InChI=1S/C24H28N4O4S/c29-21-15-28(33(30,31)16-17-8-12-32-13-9-17)14-20-22(21)24(26-19-4-2-1-3-5-19)23(27-20)18-6-10-25-11-7-18/h2,4-7,10-11,17,26-27H,1,3,8-9,12-16H2. The number of rotatable bonds is 6. The zero-order valence-corrected chi connectivity index (χ0v) is 19.2. The Morgan fingerprint density at radius 3 is 2.67 bits per heavy atom. The zero-order valence-electron chi connectivity index (χ0n) is 18.4. The summed E-state index contributed by atoms with van der Waals surface area (Å²) in [6.45, 7) is 1.19. The number of nitrogens with one attached hydrogen (secondary N) is 2. The molecule has 2 N–H and O–H groups in total. The van der Waals surface area contributed by atoms with Gasteiger partial charge in [0, 0.05) is 42.6 Å². The molecule has 0 unspecified atom stereocenters. The molecular formula is C24H28N4O4S. The van der Waals surface area contributed by atoms with Crippen LogP contribution in [-0.2, 0) is 21.3 Å². The van der Waals surface area contributed by atoms with Crippen LogP contribution in [0.15, 0.2) is 48.5 Å². The molecule has 1 saturated heterocycles. The molecule has 2 aliphatic heterocycles. The summed E-state index contributed by atoms with van der Waals surface area (Å²) in [5.74, 6) is -0.0792. The van der Waals surface area contributed by atoms with Crippen LogP contribution >= 0.6 is 0 Å². The van der Waals surface area contributed by atoms with E-state index in [0.29, 0.717) is 30.2 Å². The lowest BCUT2D eigenvalue weighted by atomic mass is 10.0. The molecule has 2 aromatic rings. The minimum absolute atomic E-state index is 0.0552. The molecule has 0 saturated carbocycles. The number of ether oxygens (including phenoxy) is 1. The minimum Gasteiger partial charge on any atom is -0.381 e. The molecule has 0 atom stereocenters. The van der Waals surface area contributed by atoms with E-state index in [0.717, 1.165) is 42.6 Å². The number of allylic oxidation sites excluding steroid dienone is 3. The number of pyridine rings is 1. The maximum absolute atomic E-state index is 13.3. The first-order chi connectivity index (χ1) is 16.0. The third-order valence-electron chi connectivity index (χ3n) is 6.42. The molecule has 4 heterocycles. The number of ketones is 1. The fraction of sp³-hybridized carbons (Fsp3) is 0.417. The minimum atomic E-state index is -3.57. The number of carbonyl (C=O) groups excluding carboxylic acids is 1. The van der Waals surface area contributed by atoms with Crippen LogP contribution in [0.1, 0.15) is 41.7 Å². The Kier molecular flexibility index (Phi) is 6.18. The number of sulfonamides is 1. The highest BCUT2D eigenvalue weighted by molar-refractivity contribution is 7.89. The van der Waals surface area contributed by atoms with Crippen LogP contribution < -0.4 is 5.32 Å². The van der Waals surface area contributed by atoms with Crippen LogP contribution in [-0.4, -0.2) is 54.0 Å². The molecule has 0 radical (unpaired) electrons. The molecule has 9 heteroatoms. The van der Waals surface area contributed by atoms with E-state index < -0.39 is 10.0 Å². The van der Waals surface area contributed by atoms with Crippen molar-refractivity contribution in [2.45, 2.75) is 32.2 Å². The van der Waals surface area contributed by atoms with Gasteiger partial charge in [0.2, 0.25) is 10.0 Å². The van der Waals surface area contributed by atoms with Gasteiger partial charge in [0.1, 0.15) is 0 Å². The monoisotopic (exact) mass is 468 g/mol. The average molecular weight is 469 g/mol. The molecular weight excluding hydrogens is 440 g/mol. The molecule has 0 bridgehead atoms. The summed E-state index contributed by atoms with van der Waals surface area (Å²) in [5, 5.41) is 3.43. The predicted octanol–water partition coefficient (Wildman–Crippen LogP) is 3.48. The average Bonchev–Trinajstić information content (AvgIpc) is 3.19. The smallest absolute Gasteiger partial charge is 0.215 e.